The molecule has 0 aliphatic heterocycles. The highest BCUT2D eigenvalue weighted by Gasteiger charge is 2.41. The van der Waals surface area contributed by atoms with Crippen LogP contribution in [0.3, 0.4) is 0 Å². The molecule has 0 aromatic carbocycles. The average molecular weight is 341 g/mol. The Morgan fingerprint density at radius 1 is 1.54 bits per heavy atom. The topological polar surface area (TPSA) is 129 Å². The van der Waals surface area contributed by atoms with Crippen molar-refractivity contribution in [1.29, 1.82) is 0 Å². The molecule has 0 saturated carbocycles. The Labute approximate surface area is 137 Å². The van der Waals surface area contributed by atoms with Crippen LogP contribution in [0.25, 0.3) is 11.2 Å². The monoisotopic (exact) mass is 341 g/mol. The number of halogens is 1. The highest BCUT2D eigenvalue weighted by molar-refractivity contribution is 5.77. The second-order valence-electron chi connectivity index (χ2n) is 4.98. The van der Waals surface area contributed by atoms with Gasteiger partial charge in [0.1, 0.15) is 11.7 Å². The van der Waals surface area contributed by atoms with E-state index in [0.29, 0.717) is 6.61 Å². The fourth-order valence-corrected chi connectivity index (χ4v) is 2.26. The van der Waals surface area contributed by atoms with E-state index in [4.69, 9.17) is 15.2 Å². The first kappa shape index (κ1) is 18.0. The number of rotatable bonds is 8. The predicted molar refractivity (Wildman–Crippen MR) is 84.1 cm³/mol. The van der Waals surface area contributed by atoms with Crippen molar-refractivity contribution in [2.75, 3.05) is 26.1 Å². The van der Waals surface area contributed by atoms with Gasteiger partial charge in [-0.15, -0.1) is 6.58 Å². The second kappa shape index (κ2) is 7.07. The zero-order valence-electron chi connectivity index (χ0n) is 13.4. The highest BCUT2D eigenvalue weighted by atomic mass is 19.1. The smallest absolute Gasteiger partial charge is 0.247 e. The third-order valence-electron chi connectivity index (χ3n) is 3.69. The van der Waals surface area contributed by atoms with Crippen molar-refractivity contribution in [2.45, 2.75) is 24.9 Å². The Hall–Kier alpha value is -2.30. The molecule has 0 radical (unpaired) electrons. The van der Waals surface area contributed by atoms with Crippen molar-refractivity contribution in [1.82, 2.24) is 19.5 Å². The molecular formula is C14H20FN5O4. The number of aliphatic hydroxyl groups is 2. The number of aromatic nitrogens is 4. The molecule has 0 fully saturated rings. The van der Waals surface area contributed by atoms with Crippen molar-refractivity contribution in [3.05, 3.63) is 19.0 Å². The molecule has 0 aliphatic rings. The van der Waals surface area contributed by atoms with E-state index in [-0.39, 0.29) is 23.0 Å². The van der Waals surface area contributed by atoms with Gasteiger partial charge in [-0.2, -0.15) is 9.97 Å². The fourth-order valence-electron chi connectivity index (χ4n) is 2.26. The molecule has 4 N–H and O–H groups in total. The van der Waals surface area contributed by atoms with E-state index in [1.807, 2.05) is 0 Å². The first-order valence-corrected chi connectivity index (χ1v) is 7.18. The van der Waals surface area contributed by atoms with E-state index in [0.717, 1.165) is 17.0 Å². The summed E-state index contributed by atoms with van der Waals surface area (Å²) in [7, 11) is 1.23. The summed E-state index contributed by atoms with van der Waals surface area (Å²) in [5, 5.41) is 19.8. The van der Waals surface area contributed by atoms with Crippen LogP contribution in [0.4, 0.5) is 10.3 Å². The summed E-state index contributed by atoms with van der Waals surface area (Å²) in [5.74, 6) is -0.0115. The minimum Gasteiger partial charge on any atom is -0.476 e. The lowest BCUT2D eigenvalue weighted by Crippen LogP contribution is -2.49. The number of imidazole rings is 1. The standard InChI is InChI=1S/C14H20FN5O4/c1-4-14(6-21,23-3)9(22)10(15)20-7-17-8-11(20)18-13(16)19-12(8)24-5-2/h4,7,9-10,21-22H,1,5-6H2,2-3H3,(H2,16,18,19)/t9-,10-,14+/m0/s1. The van der Waals surface area contributed by atoms with Gasteiger partial charge in [-0.25, -0.2) is 9.37 Å². The van der Waals surface area contributed by atoms with Crippen LogP contribution < -0.4 is 10.5 Å². The van der Waals surface area contributed by atoms with Gasteiger partial charge in [0.15, 0.2) is 11.2 Å². The van der Waals surface area contributed by atoms with Gasteiger partial charge >= 0.3 is 0 Å². The van der Waals surface area contributed by atoms with Crippen LogP contribution in [0.2, 0.25) is 0 Å². The zero-order chi connectivity index (χ0) is 17.9. The number of nitrogen functional groups attached to an aromatic ring is 1. The van der Waals surface area contributed by atoms with Gasteiger partial charge in [-0.3, -0.25) is 4.57 Å². The maximum atomic E-state index is 14.9. The summed E-state index contributed by atoms with van der Waals surface area (Å²) in [6.07, 6.45) is -1.54. The minimum atomic E-state index is -2.04. The molecular weight excluding hydrogens is 321 g/mol. The van der Waals surface area contributed by atoms with Crippen LogP contribution in [0.1, 0.15) is 13.2 Å². The number of nitrogens with zero attached hydrogens (tertiary/aromatic N) is 4. The van der Waals surface area contributed by atoms with Crippen LogP contribution >= 0.6 is 0 Å². The summed E-state index contributed by atoms with van der Waals surface area (Å²) in [6.45, 7) is 4.87. The third-order valence-corrected chi connectivity index (χ3v) is 3.69. The van der Waals surface area contributed by atoms with E-state index < -0.39 is 24.6 Å². The van der Waals surface area contributed by atoms with Crippen molar-refractivity contribution in [2.24, 2.45) is 0 Å². The molecule has 2 aromatic rings. The van der Waals surface area contributed by atoms with Crippen LogP contribution in [-0.4, -0.2) is 61.8 Å². The summed E-state index contributed by atoms with van der Waals surface area (Å²) in [4.78, 5) is 11.9. The van der Waals surface area contributed by atoms with Crippen LogP contribution in [0.15, 0.2) is 19.0 Å². The first-order valence-electron chi connectivity index (χ1n) is 7.18. The molecule has 0 amide bonds. The first-order chi connectivity index (χ1) is 11.4. The van der Waals surface area contributed by atoms with E-state index in [1.165, 1.54) is 7.11 Å². The van der Waals surface area contributed by atoms with Gasteiger partial charge in [-0.05, 0) is 6.92 Å². The quantitative estimate of drug-likeness (QED) is 0.581. The van der Waals surface area contributed by atoms with Gasteiger partial charge < -0.3 is 25.4 Å². The van der Waals surface area contributed by atoms with Crippen LogP contribution in [-0.2, 0) is 4.74 Å². The van der Waals surface area contributed by atoms with Crippen LogP contribution in [0, 0.1) is 0 Å². The number of nitrogens with two attached hydrogens (primary N) is 1. The van der Waals surface area contributed by atoms with Gasteiger partial charge in [0, 0.05) is 7.11 Å². The number of anilines is 1. The molecule has 0 bridgehead atoms. The second-order valence-corrected chi connectivity index (χ2v) is 4.98. The van der Waals surface area contributed by atoms with E-state index in [2.05, 4.69) is 21.5 Å². The molecule has 132 valence electrons. The molecule has 2 heterocycles. The summed E-state index contributed by atoms with van der Waals surface area (Å²) in [6, 6.07) is 0. The lowest BCUT2D eigenvalue weighted by molar-refractivity contribution is -0.135. The molecule has 0 unspecified atom stereocenters. The van der Waals surface area contributed by atoms with E-state index in [1.54, 1.807) is 6.92 Å². The SMILES string of the molecule is C=C[C@](CO)(OC)[C@@H](O)[C@@H](F)n1cnc2c(OCC)nc(N)nc21. The largest absolute Gasteiger partial charge is 0.476 e. The lowest BCUT2D eigenvalue weighted by Gasteiger charge is -2.33. The Balaban J connectivity index is 2.50. The average Bonchev–Trinajstić information content (AvgIpc) is 3.00. The van der Waals surface area contributed by atoms with Gasteiger partial charge in [0.2, 0.25) is 18.1 Å². The molecule has 10 heteroatoms. The number of ether oxygens (including phenoxy) is 2. The number of hydrogen-bond acceptors (Lipinski definition) is 8. The molecule has 0 saturated heterocycles. The molecule has 0 spiro atoms. The molecule has 3 atom stereocenters. The van der Waals surface area contributed by atoms with E-state index >= 15 is 0 Å². The predicted octanol–water partition coefficient (Wildman–Crippen LogP) is 0.200. The van der Waals surface area contributed by atoms with Crippen LogP contribution in [0.5, 0.6) is 5.88 Å². The van der Waals surface area contributed by atoms with E-state index in [9.17, 15) is 14.6 Å². The minimum absolute atomic E-state index is 0.0458. The molecule has 2 rings (SSSR count). The maximum absolute atomic E-state index is 14.9. The molecule has 0 aliphatic carbocycles. The molecule has 9 nitrogen and oxygen atoms in total. The van der Waals surface area contributed by atoms with Gasteiger partial charge in [-0.1, -0.05) is 6.08 Å². The normalized spacial score (nSPS) is 16.5. The van der Waals surface area contributed by atoms with Gasteiger partial charge in [0.05, 0.1) is 19.5 Å². The lowest BCUT2D eigenvalue weighted by atomic mass is 9.96. The number of aliphatic hydroxyl groups excluding tert-OH is 2. The molecule has 24 heavy (non-hydrogen) atoms. The van der Waals surface area contributed by atoms with Gasteiger partial charge in [0.25, 0.3) is 0 Å². The summed E-state index contributed by atoms with van der Waals surface area (Å²) in [5.41, 5.74) is 4.18. The van der Waals surface area contributed by atoms with Crippen molar-refractivity contribution in [3.63, 3.8) is 0 Å². The fraction of sp³-hybridized carbons (Fsp3) is 0.500. The maximum Gasteiger partial charge on any atom is 0.247 e. The third kappa shape index (κ3) is 2.90. The Morgan fingerprint density at radius 2 is 2.25 bits per heavy atom. The van der Waals surface area contributed by atoms with Crippen molar-refractivity contribution < 1.29 is 24.1 Å². The Bertz CT molecular complexity index is 718. The zero-order valence-corrected chi connectivity index (χ0v) is 13.4. The van der Waals surface area contributed by atoms with Crippen molar-refractivity contribution in [3.8, 4) is 5.88 Å². The number of fused-ring (bicyclic) bond motifs is 1. The highest BCUT2D eigenvalue weighted by Crippen LogP contribution is 2.31. The number of alkyl halides is 1. The summed E-state index contributed by atoms with van der Waals surface area (Å²) >= 11 is 0. The Kier molecular flexibility index (Phi) is 5.32. The molecule has 2 aromatic heterocycles. The number of hydrogen-bond donors (Lipinski definition) is 3. The number of methoxy groups -OCH3 is 1. The summed E-state index contributed by atoms with van der Waals surface area (Å²) < 4.78 is 26.2. The Morgan fingerprint density at radius 3 is 2.79 bits per heavy atom. The van der Waals surface area contributed by atoms with Crippen molar-refractivity contribution >= 4 is 17.1 Å².